The molecule has 0 aliphatic carbocycles. The second kappa shape index (κ2) is 7.53. The molecule has 7 nitrogen and oxygen atoms in total. The number of carbonyl (C=O) groups excluding carboxylic acids is 2. The van der Waals surface area contributed by atoms with Crippen LogP contribution in [0.25, 0.3) is 10.2 Å². The molecule has 9 heteroatoms. The normalized spacial score (nSPS) is 13.7. The van der Waals surface area contributed by atoms with Crippen LogP contribution in [0.2, 0.25) is 0 Å². The number of esters is 1. The monoisotopic (exact) mass is 404 g/mol. The second-order valence-electron chi connectivity index (χ2n) is 5.63. The Labute approximate surface area is 162 Å². The van der Waals surface area contributed by atoms with E-state index in [1.807, 2.05) is 17.5 Å². The summed E-state index contributed by atoms with van der Waals surface area (Å²) >= 11 is 2.65. The molecule has 140 valence electrons. The summed E-state index contributed by atoms with van der Waals surface area (Å²) < 4.78 is 18.9. The fraction of sp³-hybridized carbons (Fsp3) is 0.278. The van der Waals surface area contributed by atoms with Gasteiger partial charge in [0.1, 0.15) is 19.8 Å². The smallest absolute Gasteiger partial charge is 0.326 e. The van der Waals surface area contributed by atoms with E-state index in [-0.39, 0.29) is 19.1 Å². The predicted molar refractivity (Wildman–Crippen MR) is 102 cm³/mol. The molecule has 0 atom stereocenters. The van der Waals surface area contributed by atoms with E-state index in [9.17, 15) is 9.59 Å². The molecule has 4 rings (SSSR count). The van der Waals surface area contributed by atoms with Crippen LogP contribution in [0, 0.1) is 0 Å². The summed E-state index contributed by atoms with van der Waals surface area (Å²) in [7, 11) is 0. The molecule has 0 unspecified atom stereocenters. The second-order valence-corrected chi connectivity index (χ2v) is 7.59. The van der Waals surface area contributed by atoms with Gasteiger partial charge in [-0.3, -0.25) is 9.59 Å². The van der Waals surface area contributed by atoms with E-state index < -0.39 is 5.97 Å². The predicted octanol–water partition coefficient (Wildman–Crippen LogP) is 2.84. The van der Waals surface area contributed by atoms with Crippen molar-refractivity contribution in [3.63, 3.8) is 0 Å². The van der Waals surface area contributed by atoms with Gasteiger partial charge in [-0.1, -0.05) is 17.4 Å². The van der Waals surface area contributed by atoms with Crippen molar-refractivity contribution >= 4 is 44.8 Å². The van der Waals surface area contributed by atoms with E-state index in [0.717, 1.165) is 10.2 Å². The van der Waals surface area contributed by atoms with Gasteiger partial charge in [0, 0.05) is 12.1 Å². The zero-order valence-corrected chi connectivity index (χ0v) is 16.1. The van der Waals surface area contributed by atoms with Crippen molar-refractivity contribution in [1.29, 1.82) is 0 Å². The highest BCUT2D eigenvalue weighted by Gasteiger charge is 2.18. The Kier molecular flexibility index (Phi) is 4.95. The standard InChI is InChI=1S/C18H16N2O5S2/c1-2-23-16(21)10-20-11-8-12-13(25-6-5-24-12)9-15(11)27-18(20)19-17(22)14-4-3-7-26-14/h3-4,7-9H,2,5-6,10H2,1H3. The highest BCUT2D eigenvalue weighted by Crippen LogP contribution is 2.35. The summed E-state index contributed by atoms with van der Waals surface area (Å²) in [6.45, 7) is 2.95. The molecule has 0 radical (unpaired) electrons. The minimum Gasteiger partial charge on any atom is -0.486 e. The van der Waals surface area contributed by atoms with Crippen LogP contribution in [0.4, 0.5) is 0 Å². The summed E-state index contributed by atoms with van der Waals surface area (Å²) in [4.78, 5) is 29.7. The minimum atomic E-state index is -0.392. The minimum absolute atomic E-state index is 0.0377. The molecule has 0 N–H and O–H groups in total. The van der Waals surface area contributed by atoms with Crippen molar-refractivity contribution in [3.05, 3.63) is 39.3 Å². The van der Waals surface area contributed by atoms with Crippen LogP contribution >= 0.6 is 22.7 Å². The molecular weight excluding hydrogens is 388 g/mol. The number of hydrogen-bond acceptors (Lipinski definition) is 7. The van der Waals surface area contributed by atoms with Crippen molar-refractivity contribution < 1.29 is 23.8 Å². The van der Waals surface area contributed by atoms with Crippen LogP contribution in [0.1, 0.15) is 16.6 Å². The zero-order valence-electron chi connectivity index (χ0n) is 14.5. The summed E-state index contributed by atoms with van der Waals surface area (Å²) in [5.41, 5.74) is 0.745. The van der Waals surface area contributed by atoms with E-state index in [1.165, 1.54) is 22.7 Å². The molecule has 1 aromatic carbocycles. The first-order valence-electron chi connectivity index (χ1n) is 8.37. The number of amides is 1. The average molecular weight is 404 g/mol. The van der Waals surface area contributed by atoms with Gasteiger partial charge in [-0.15, -0.1) is 11.3 Å². The van der Waals surface area contributed by atoms with Crippen LogP contribution in [0.3, 0.4) is 0 Å². The van der Waals surface area contributed by atoms with E-state index in [0.29, 0.717) is 34.4 Å². The van der Waals surface area contributed by atoms with Crippen LogP contribution in [0.5, 0.6) is 11.5 Å². The average Bonchev–Trinajstić information content (AvgIpc) is 3.29. The summed E-state index contributed by atoms with van der Waals surface area (Å²) in [5.74, 6) is 0.526. The van der Waals surface area contributed by atoms with Crippen molar-refractivity contribution in [2.45, 2.75) is 13.5 Å². The zero-order chi connectivity index (χ0) is 18.8. The number of ether oxygens (including phenoxy) is 3. The van der Waals surface area contributed by atoms with Gasteiger partial charge >= 0.3 is 5.97 Å². The van der Waals surface area contributed by atoms with Crippen molar-refractivity contribution in [2.24, 2.45) is 4.99 Å². The van der Waals surface area contributed by atoms with Crippen molar-refractivity contribution in [3.8, 4) is 11.5 Å². The van der Waals surface area contributed by atoms with Gasteiger partial charge in [0.25, 0.3) is 5.91 Å². The molecule has 1 aliphatic heterocycles. The molecule has 3 heterocycles. The van der Waals surface area contributed by atoms with E-state index in [4.69, 9.17) is 14.2 Å². The molecule has 2 aromatic heterocycles. The van der Waals surface area contributed by atoms with E-state index in [2.05, 4.69) is 4.99 Å². The number of nitrogens with zero attached hydrogens (tertiary/aromatic N) is 2. The molecule has 1 amide bonds. The maximum absolute atomic E-state index is 12.4. The maximum atomic E-state index is 12.4. The highest BCUT2D eigenvalue weighted by molar-refractivity contribution is 7.16. The first-order chi connectivity index (χ1) is 13.2. The van der Waals surface area contributed by atoms with Crippen molar-refractivity contribution in [1.82, 2.24) is 4.57 Å². The van der Waals surface area contributed by atoms with Crippen LogP contribution in [-0.2, 0) is 16.1 Å². The van der Waals surface area contributed by atoms with Gasteiger partial charge in [0.15, 0.2) is 16.3 Å². The van der Waals surface area contributed by atoms with Crippen LogP contribution < -0.4 is 14.3 Å². The summed E-state index contributed by atoms with van der Waals surface area (Å²) in [5, 5.41) is 1.82. The number of hydrogen-bond donors (Lipinski definition) is 0. The third-order valence-corrected chi connectivity index (χ3v) is 5.77. The number of carbonyl (C=O) groups is 2. The Morgan fingerprint density at radius 2 is 2.04 bits per heavy atom. The number of rotatable bonds is 4. The first-order valence-corrected chi connectivity index (χ1v) is 10.1. The molecule has 0 saturated carbocycles. The van der Waals surface area contributed by atoms with Gasteiger partial charge in [-0.05, 0) is 18.4 Å². The third-order valence-electron chi connectivity index (χ3n) is 3.87. The number of thiophene rings is 1. The molecule has 0 bridgehead atoms. The van der Waals surface area contributed by atoms with Crippen LogP contribution in [-0.4, -0.2) is 36.3 Å². The first kappa shape index (κ1) is 17.7. The SMILES string of the molecule is CCOC(=O)Cn1c(=NC(=O)c2cccs2)sc2cc3c(cc21)OCCO3. The summed E-state index contributed by atoms with van der Waals surface area (Å²) in [6, 6.07) is 7.19. The largest absolute Gasteiger partial charge is 0.486 e. The Morgan fingerprint density at radius 3 is 2.74 bits per heavy atom. The molecule has 27 heavy (non-hydrogen) atoms. The molecular formula is C18H16N2O5S2. The van der Waals surface area contributed by atoms with Crippen LogP contribution in [0.15, 0.2) is 34.6 Å². The fourth-order valence-electron chi connectivity index (χ4n) is 2.72. The number of fused-ring (bicyclic) bond motifs is 2. The van der Waals surface area contributed by atoms with E-state index in [1.54, 1.807) is 23.6 Å². The molecule has 1 aliphatic rings. The van der Waals surface area contributed by atoms with Gasteiger partial charge in [-0.2, -0.15) is 4.99 Å². The fourth-order valence-corrected chi connectivity index (χ4v) is 4.37. The third kappa shape index (κ3) is 3.60. The quantitative estimate of drug-likeness (QED) is 0.625. The molecule has 3 aromatic rings. The van der Waals surface area contributed by atoms with Gasteiger partial charge in [0.05, 0.1) is 21.7 Å². The van der Waals surface area contributed by atoms with Crippen molar-refractivity contribution in [2.75, 3.05) is 19.8 Å². The Balaban J connectivity index is 1.85. The topological polar surface area (TPSA) is 79.1 Å². The van der Waals surface area contributed by atoms with E-state index >= 15 is 0 Å². The number of aromatic nitrogens is 1. The van der Waals surface area contributed by atoms with Gasteiger partial charge in [-0.25, -0.2) is 0 Å². The lowest BCUT2D eigenvalue weighted by atomic mass is 10.2. The molecule has 0 saturated heterocycles. The molecule has 0 fully saturated rings. The highest BCUT2D eigenvalue weighted by atomic mass is 32.1. The van der Waals surface area contributed by atoms with Gasteiger partial charge < -0.3 is 18.8 Å². The Morgan fingerprint density at radius 1 is 1.26 bits per heavy atom. The maximum Gasteiger partial charge on any atom is 0.326 e. The Bertz CT molecular complexity index is 1070. The molecule has 0 spiro atoms. The summed E-state index contributed by atoms with van der Waals surface area (Å²) in [6.07, 6.45) is 0. The lowest BCUT2D eigenvalue weighted by Gasteiger charge is -2.18. The Hall–Kier alpha value is -2.65. The number of benzene rings is 1. The lowest BCUT2D eigenvalue weighted by Crippen LogP contribution is -2.23. The van der Waals surface area contributed by atoms with Gasteiger partial charge in [0.2, 0.25) is 0 Å². The lowest BCUT2D eigenvalue weighted by molar-refractivity contribution is -0.143. The number of thiazole rings is 1.